The lowest BCUT2D eigenvalue weighted by Gasteiger charge is -1.93. The van der Waals surface area contributed by atoms with Gasteiger partial charge < -0.3 is 5.73 Å². The average Bonchev–Trinajstić information content (AvgIpc) is 3.00. The molecule has 1 aromatic heterocycles. The minimum Gasteiger partial charge on any atom is -0.369 e. The first kappa shape index (κ1) is 10.1. The van der Waals surface area contributed by atoms with Crippen LogP contribution in [0.5, 0.6) is 0 Å². The number of nitrogens with two attached hydrogens (primary N) is 1. The van der Waals surface area contributed by atoms with E-state index in [1.54, 1.807) is 24.5 Å². The molecule has 0 bridgehead atoms. The Kier molecular flexibility index (Phi) is 2.10. The maximum atomic E-state index is 11.2. The third-order valence-corrected chi connectivity index (χ3v) is 2.97. The van der Waals surface area contributed by atoms with Crippen LogP contribution in [0.2, 0.25) is 0 Å². The van der Waals surface area contributed by atoms with Gasteiger partial charge in [-0.2, -0.15) is 10.5 Å². The molecule has 2 rings (SSSR count). The first-order valence-corrected chi connectivity index (χ1v) is 4.75. The minimum atomic E-state index is -1.29. The van der Waals surface area contributed by atoms with Gasteiger partial charge in [-0.25, -0.2) is 4.98 Å². The number of rotatable bonds is 2. The number of amides is 1. The van der Waals surface area contributed by atoms with Gasteiger partial charge in [-0.15, -0.1) is 0 Å². The molecule has 1 aliphatic carbocycles. The van der Waals surface area contributed by atoms with Gasteiger partial charge in [0.25, 0.3) is 0 Å². The molecule has 78 valence electrons. The van der Waals surface area contributed by atoms with E-state index in [2.05, 4.69) is 4.98 Å². The monoisotopic (exact) mass is 213 g/mol. The number of aromatic amines is 1. The molecular formula is C11H9N4O+. The van der Waals surface area contributed by atoms with Crippen LogP contribution in [-0.4, -0.2) is 5.91 Å². The third-order valence-electron chi connectivity index (χ3n) is 2.97. The Bertz CT molecular complexity index is 497. The Labute approximate surface area is 92.1 Å². The van der Waals surface area contributed by atoms with Gasteiger partial charge in [0.15, 0.2) is 17.8 Å². The molecule has 0 saturated heterocycles. The van der Waals surface area contributed by atoms with E-state index in [9.17, 15) is 4.79 Å². The minimum absolute atomic E-state index is 0.419. The molecule has 0 spiro atoms. The van der Waals surface area contributed by atoms with Gasteiger partial charge >= 0.3 is 0 Å². The van der Waals surface area contributed by atoms with E-state index in [0.29, 0.717) is 0 Å². The van der Waals surface area contributed by atoms with Crippen molar-refractivity contribution >= 4 is 5.91 Å². The molecule has 1 heterocycles. The van der Waals surface area contributed by atoms with E-state index in [4.69, 9.17) is 16.3 Å². The van der Waals surface area contributed by atoms with Crippen LogP contribution in [0, 0.1) is 34.0 Å². The zero-order chi connectivity index (χ0) is 11.8. The SMILES string of the molecule is N#CC1(C#N)C(C(N)=O)C1c1ccc[nH+]c1. The van der Waals surface area contributed by atoms with E-state index >= 15 is 0 Å². The lowest BCUT2D eigenvalue weighted by atomic mass is 10.0. The molecule has 16 heavy (non-hydrogen) atoms. The van der Waals surface area contributed by atoms with E-state index in [0.717, 1.165) is 5.56 Å². The third kappa shape index (κ3) is 1.15. The number of nitrogens with one attached hydrogen (secondary N) is 1. The number of carbonyl (C=O) groups excluding carboxylic acids is 1. The van der Waals surface area contributed by atoms with Gasteiger partial charge in [0, 0.05) is 17.5 Å². The Morgan fingerprint density at radius 1 is 1.50 bits per heavy atom. The maximum Gasteiger partial charge on any atom is 0.223 e. The lowest BCUT2D eigenvalue weighted by Crippen LogP contribution is -2.17. The number of nitrogens with zero attached hydrogens (tertiary/aromatic N) is 2. The van der Waals surface area contributed by atoms with Crippen molar-refractivity contribution < 1.29 is 9.78 Å². The van der Waals surface area contributed by atoms with E-state index in [1.165, 1.54) is 0 Å². The fourth-order valence-electron chi connectivity index (χ4n) is 2.14. The highest BCUT2D eigenvalue weighted by atomic mass is 16.1. The molecule has 5 nitrogen and oxygen atoms in total. The molecule has 3 N–H and O–H groups in total. The number of H-pyrrole nitrogens is 1. The summed E-state index contributed by atoms with van der Waals surface area (Å²) in [5.74, 6) is -1.73. The Morgan fingerprint density at radius 2 is 2.19 bits per heavy atom. The zero-order valence-corrected chi connectivity index (χ0v) is 8.34. The number of hydrogen-bond acceptors (Lipinski definition) is 3. The van der Waals surface area contributed by atoms with Crippen molar-refractivity contribution in [3.05, 3.63) is 30.1 Å². The summed E-state index contributed by atoms with van der Waals surface area (Å²) in [4.78, 5) is 14.0. The summed E-state index contributed by atoms with van der Waals surface area (Å²) in [6, 6.07) is 7.34. The fraction of sp³-hybridized carbons (Fsp3) is 0.273. The highest BCUT2D eigenvalue weighted by Crippen LogP contribution is 2.63. The molecule has 0 aliphatic heterocycles. The van der Waals surface area contributed by atoms with Crippen LogP contribution in [-0.2, 0) is 4.79 Å². The highest BCUT2D eigenvalue weighted by molar-refractivity contribution is 5.85. The topological polar surface area (TPSA) is 105 Å². The molecule has 1 saturated carbocycles. The summed E-state index contributed by atoms with van der Waals surface area (Å²) in [7, 11) is 0. The van der Waals surface area contributed by atoms with Crippen molar-refractivity contribution in [2.75, 3.05) is 0 Å². The fourth-order valence-corrected chi connectivity index (χ4v) is 2.14. The van der Waals surface area contributed by atoms with Crippen LogP contribution < -0.4 is 10.7 Å². The second-order valence-corrected chi connectivity index (χ2v) is 3.79. The molecule has 2 unspecified atom stereocenters. The highest BCUT2D eigenvalue weighted by Gasteiger charge is 2.70. The number of carbonyl (C=O) groups is 1. The Hall–Kier alpha value is -2.40. The predicted molar refractivity (Wildman–Crippen MR) is 52.1 cm³/mol. The smallest absolute Gasteiger partial charge is 0.223 e. The van der Waals surface area contributed by atoms with Gasteiger partial charge in [-0.1, -0.05) is 0 Å². The Balaban J connectivity index is 2.43. The number of pyridine rings is 1. The summed E-state index contributed by atoms with van der Waals surface area (Å²) in [6.07, 6.45) is 3.39. The molecule has 1 aliphatic rings. The summed E-state index contributed by atoms with van der Waals surface area (Å²) < 4.78 is 0. The van der Waals surface area contributed by atoms with Crippen molar-refractivity contribution in [1.29, 1.82) is 10.5 Å². The second-order valence-electron chi connectivity index (χ2n) is 3.79. The maximum absolute atomic E-state index is 11.2. The lowest BCUT2D eigenvalue weighted by molar-refractivity contribution is -0.378. The van der Waals surface area contributed by atoms with E-state index < -0.39 is 23.2 Å². The summed E-state index contributed by atoms with van der Waals surface area (Å²) in [5.41, 5.74) is 4.67. The first-order chi connectivity index (χ1) is 7.67. The molecule has 0 radical (unpaired) electrons. The summed E-state index contributed by atoms with van der Waals surface area (Å²) in [6.45, 7) is 0. The first-order valence-electron chi connectivity index (χ1n) is 4.75. The van der Waals surface area contributed by atoms with Crippen LogP contribution >= 0.6 is 0 Å². The largest absolute Gasteiger partial charge is 0.369 e. The van der Waals surface area contributed by atoms with Crippen LogP contribution in [0.4, 0.5) is 0 Å². The molecule has 1 aromatic rings. The molecule has 2 atom stereocenters. The van der Waals surface area contributed by atoms with E-state index in [-0.39, 0.29) is 0 Å². The normalized spacial score (nSPS) is 25.1. The number of primary amides is 1. The number of nitriles is 2. The molecule has 1 amide bonds. The van der Waals surface area contributed by atoms with Gasteiger partial charge in [-0.3, -0.25) is 4.79 Å². The van der Waals surface area contributed by atoms with Crippen LogP contribution in [0.1, 0.15) is 11.5 Å². The van der Waals surface area contributed by atoms with Crippen molar-refractivity contribution in [1.82, 2.24) is 0 Å². The predicted octanol–water partition coefficient (Wildman–Crippen LogP) is -0.267. The number of aromatic nitrogens is 1. The molecular weight excluding hydrogens is 204 g/mol. The molecule has 1 fully saturated rings. The molecule has 0 aromatic carbocycles. The number of hydrogen-bond donors (Lipinski definition) is 1. The van der Waals surface area contributed by atoms with Crippen molar-refractivity contribution in [2.45, 2.75) is 5.92 Å². The van der Waals surface area contributed by atoms with Crippen LogP contribution in [0.15, 0.2) is 24.5 Å². The van der Waals surface area contributed by atoms with E-state index in [1.807, 2.05) is 12.1 Å². The van der Waals surface area contributed by atoms with Gasteiger partial charge in [0.2, 0.25) is 5.91 Å². The van der Waals surface area contributed by atoms with Crippen molar-refractivity contribution in [2.24, 2.45) is 17.1 Å². The van der Waals surface area contributed by atoms with Crippen LogP contribution in [0.25, 0.3) is 0 Å². The van der Waals surface area contributed by atoms with Gasteiger partial charge in [0.1, 0.15) is 0 Å². The summed E-state index contributed by atoms with van der Waals surface area (Å²) in [5, 5.41) is 18.0. The average molecular weight is 213 g/mol. The summed E-state index contributed by atoms with van der Waals surface area (Å²) >= 11 is 0. The zero-order valence-electron chi connectivity index (χ0n) is 8.34. The van der Waals surface area contributed by atoms with Crippen LogP contribution in [0.3, 0.4) is 0 Å². The Morgan fingerprint density at radius 3 is 2.56 bits per heavy atom. The van der Waals surface area contributed by atoms with Crippen molar-refractivity contribution in [3.8, 4) is 12.1 Å². The molecule has 5 heteroatoms. The second kappa shape index (κ2) is 3.32. The standard InChI is InChI=1S/C11H8N4O/c12-5-11(6-13)8(9(11)10(14)16)7-2-1-3-15-4-7/h1-4,8-9H,(H2,14,16)/p+1. The quantitative estimate of drug-likeness (QED) is 0.731. The van der Waals surface area contributed by atoms with Gasteiger partial charge in [0.05, 0.1) is 18.1 Å². The van der Waals surface area contributed by atoms with Crippen molar-refractivity contribution in [3.63, 3.8) is 0 Å². The van der Waals surface area contributed by atoms with Gasteiger partial charge in [-0.05, 0) is 6.07 Å².